The van der Waals surface area contributed by atoms with Crippen molar-refractivity contribution in [2.24, 2.45) is 0 Å². The largest absolute Gasteiger partial charge is 0.299 e. The quantitative estimate of drug-likeness (QED) is 0.716. The number of nitrogens with zero attached hydrogens (tertiary/aromatic N) is 1. The standard InChI is InChI=1S/C17H25N/c1-15(14-18-11-7-4-8-12-18)13-16(2)17-9-5-3-6-10-17/h3,5-6,9-10,13,16H,4,7-8,11-12,14H2,1-2H3/b15-13+. The van der Waals surface area contributed by atoms with Gasteiger partial charge in [0.05, 0.1) is 0 Å². The van der Waals surface area contributed by atoms with Crippen molar-refractivity contribution in [2.75, 3.05) is 19.6 Å². The molecule has 1 atom stereocenters. The van der Waals surface area contributed by atoms with Crippen LogP contribution < -0.4 is 0 Å². The summed E-state index contributed by atoms with van der Waals surface area (Å²) >= 11 is 0. The molecule has 0 spiro atoms. The topological polar surface area (TPSA) is 3.24 Å². The van der Waals surface area contributed by atoms with E-state index in [1.54, 1.807) is 0 Å². The third-order valence-electron chi connectivity index (χ3n) is 3.78. The van der Waals surface area contributed by atoms with E-state index in [-0.39, 0.29) is 0 Å². The van der Waals surface area contributed by atoms with Gasteiger partial charge in [-0.25, -0.2) is 0 Å². The molecule has 2 rings (SSSR count). The molecule has 18 heavy (non-hydrogen) atoms. The Bertz CT molecular complexity index is 374. The first-order valence-corrected chi connectivity index (χ1v) is 7.20. The average molecular weight is 243 g/mol. The number of likely N-dealkylation sites (tertiary alicyclic amines) is 1. The summed E-state index contributed by atoms with van der Waals surface area (Å²) in [5.74, 6) is 0.524. The minimum absolute atomic E-state index is 0.524. The van der Waals surface area contributed by atoms with Crippen molar-refractivity contribution in [1.29, 1.82) is 0 Å². The van der Waals surface area contributed by atoms with Crippen LogP contribution in [-0.4, -0.2) is 24.5 Å². The fourth-order valence-electron chi connectivity index (χ4n) is 2.80. The third-order valence-corrected chi connectivity index (χ3v) is 3.78. The summed E-state index contributed by atoms with van der Waals surface area (Å²) in [7, 11) is 0. The second-order valence-corrected chi connectivity index (χ2v) is 5.55. The molecule has 0 N–H and O–H groups in total. The Morgan fingerprint density at radius 3 is 2.50 bits per heavy atom. The molecule has 0 radical (unpaired) electrons. The number of benzene rings is 1. The van der Waals surface area contributed by atoms with Crippen molar-refractivity contribution in [1.82, 2.24) is 4.90 Å². The summed E-state index contributed by atoms with van der Waals surface area (Å²) in [6.07, 6.45) is 6.59. The van der Waals surface area contributed by atoms with Gasteiger partial charge in [0, 0.05) is 6.54 Å². The zero-order chi connectivity index (χ0) is 12.8. The number of hydrogen-bond donors (Lipinski definition) is 0. The molecule has 0 amide bonds. The van der Waals surface area contributed by atoms with Gasteiger partial charge in [0.1, 0.15) is 0 Å². The summed E-state index contributed by atoms with van der Waals surface area (Å²) in [6, 6.07) is 10.8. The second-order valence-electron chi connectivity index (χ2n) is 5.55. The third kappa shape index (κ3) is 3.99. The molecule has 1 aromatic rings. The predicted octanol–water partition coefficient (Wildman–Crippen LogP) is 4.22. The van der Waals surface area contributed by atoms with Crippen LogP contribution in [0, 0.1) is 0 Å². The van der Waals surface area contributed by atoms with Crippen LogP contribution in [0.2, 0.25) is 0 Å². The van der Waals surface area contributed by atoms with Gasteiger partial charge in [-0.2, -0.15) is 0 Å². The highest BCUT2D eigenvalue weighted by Crippen LogP contribution is 2.19. The maximum absolute atomic E-state index is 2.59. The maximum Gasteiger partial charge on any atom is 0.0190 e. The van der Waals surface area contributed by atoms with Gasteiger partial charge < -0.3 is 0 Å². The molecule has 1 heteroatoms. The Balaban J connectivity index is 1.91. The fraction of sp³-hybridized carbons (Fsp3) is 0.529. The van der Waals surface area contributed by atoms with E-state index in [2.05, 4.69) is 55.2 Å². The van der Waals surface area contributed by atoms with Crippen molar-refractivity contribution in [3.63, 3.8) is 0 Å². The van der Waals surface area contributed by atoms with Gasteiger partial charge in [0.15, 0.2) is 0 Å². The molecule has 0 aromatic heterocycles. The molecule has 0 bridgehead atoms. The van der Waals surface area contributed by atoms with Crippen LogP contribution in [0.15, 0.2) is 42.0 Å². The monoisotopic (exact) mass is 243 g/mol. The van der Waals surface area contributed by atoms with Crippen molar-refractivity contribution >= 4 is 0 Å². The number of allylic oxidation sites excluding steroid dienone is 1. The van der Waals surface area contributed by atoms with Gasteiger partial charge in [0.25, 0.3) is 0 Å². The van der Waals surface area contributed by atoms with Gasteiger partial charge in [-0.3, -0.25) is 4.90 Å². The van der Waals surface area contributed by atoms with E-state index in [4.69, 9.17) is 0 Å². The highest BCUT2D eigenvalue weighted by atomic mass is 15.1. The lowest BCUT2D eigenvalue weighted by Crippen LogP contribution is -2.31. The van der Waals surface area contributed by atoms with Crippen molar-refractivity contribution < 1.29 is 0 Å². The van der Waals surface area contributed by atoms with Crippen LogP contribution in [0.4, 0.5) is 0 Å². The molecule has 0 aliphatic carbocycles. The zero-order valence-corrected chi connectivity index (χ0v) is 11.7. The minimum Gasteiger partial charge on any atom is -0.299 e. The van der Waals surface area contributed by atoms with Crippen LogP contribution in [0.5, 0.6) is 0 Å². The number of rotatable bonds is 4. The average Bonchev–Trinajstić information content (AvgIpc) is 2.40. The van der Waals surface area contributed by atoms with Gasteiger partial charge in [0.2, 0.25) is 0 Å². The Hall–Kier alpha value is -1.08. The summed E-state index contributed by atoms with van der Waals surface area (Å²) < 4.78 is 0. The second kappa shape index (κ2) is 6.75. The van der Waals surface area contributed by atoms with Crippen LogP contribution in [0.25, 0.3) is 0 Å². The maximum atomic E-state index is 2.59. The SMILES string of the molecule is C/C(=C\C(C)c1ccccc1)CN1CCCCC1. The lowest BCUT2D eigenvalue weighted by atomic mass is 9.98. The Morgan fingerprint density at radius 1 is 1.17 bits per heavy atom. The van der Waals surface area contributed by atoms with Gasteiger partial charge in [-0.05, 0) is 44.3 Å². The van der Waals surface area contributed by atoms with Crippen molar-refractivity contribution in [3.8, 4) is 0 Å². The van der Waals surface area contributed by atoms with Gasteiger partial charge in [-0.1, -0.05) is 55.3 Å². The first-order chi connectivity index (χ1) is 8.75. The normalized spacial score (nSPS) is 19.8. The molecular weight excluding hydrogens is 218 g/mol. The van der Waals surface area contributed by atoms with E-state index < -0.39 is 0 Å². The minimum atomic E-state index is 0.524. The zero-order valence-electron chi connectivity index (χ0n) is 11.7. The van der Waals surface area contributed by atoms with Crippen LogP contribution in [0.3, 0.4) is 0 Å². The highest BCUT2D eigenvalue weighted by Gasteiger charge is 2.10. The molecule has 1 fully saturated rings. The lowest BCUT2D eigenvalue weighted by Gasteiger charge is -2.27. The Morgan fingerprint density at radius 2 is 1.83 bits per heavy atom. The summed E-state index contributed by atoms with van der Waals surface area (Å²) in [5.41, 5.74) is 2.92. The van der Waals surface area contributed by atoms with Crippen LogP contribution in [-0.2, 0) is 0 Å². The first kappa shape index (κ1) is 13.4. The fourth-order valence-corrected chi connectivity index (χ4v) is 2.80. The predicted molar refractivity (Wildman–Crippen MR) is 78.9 cm³/mol. The molecule has 0 saturated carbocycles. The molecule has 1 aromatic carbocycles. The first-order valence-electron chi connectivity index (χ1n) is 7.20. The Labute approximate surface area is 112 Å². The summed E-state index contributed by atoms with van der Waals surface area (Å²) in [6.45, 7) is 8.27. The Kier molecular flexibility index (Phi) is 5.00. The molecule has 1 aliphatic heterocycles. The molecule has 1 aliphatic rings. The highest BCUT2D eigenvalue weighted by molar-refractivity contribution is 5.24. The van der Waals surface area contributed by atoms with Gasteiger partial charge >= 0.3 is 0 Å². The molecule has 1 nitrogen and oxygen atoms in total. The van der Waals surface area contributed by atoms with E-state index in [0.717, 1.165) is 6.54 Å². The molecule has 1 unspecified atom stereocenters. The van der Waals surface area contributed by atoms with Crippen molar-refractivity contribution in [3.05, 3.63) is 47.5 Å². The van der Waals surface area contributed by atoms with Crippen LogP contribution >= 0.6 is 0 Å². The molecule has 98 valence electrons. The number of hydrogen-bond acceptors (Lipinski definition) is 1. The van der Waals surface area contributed by atoms with Crippen molar-refractivity contribution in [2.45, 2.75) is 39.0 Å². The van der Waals surface area contributed by atoms with Gasteiger partial charge in [-0.15, -0.1) is 0 Å². The molecule has 1 saturated heterocycles. The van der Waals surface area contributed by atoms with E-state index in [0.29, 0.717) is 5.92 Å². The van der Waals surface area contributed by atoms with E-state index >= 15 is 0 Å². The van der Waals surface area contributed by atoms with E-state index in [9.17, 15) is 0 Å². The van der Waals surface area contributed by atoms with Crippen LogP contribution in [0.1, 0.15) is 44.6 Å². The van der Waals surface area contributed by atoms with E-state index in [1.165, 1.54) is 43.5 Å². The molecule has 1 heterocycles. The molecular formula is C17H25N. The lowest BCUT2D eigenvalue weighted by molar-refractivity contribution is 0.246. The number of piperidine rings is 1. The summed E-state index contributed by atoms with van der Waals surface area (Å²) in [4.78, 5) is 2.59. The smallest absolute Gasteiger partial charge is 0.0190 e. The van der Waals surface area contributed by atoms with E-state index in [1.807, 2.05) is 0 Å². The summed E-state index contributed by atoms with van der Waals surface area (Å²) in [5, 5.41) is 0.